The minimum Gasteiger partial charge on any atom is -0.475 e. The molecule has 0 atom stereocenters. The molecule has 0 saturated carbocycles. The predicted octanol–water partition coefficient (Wildman–Crippen LogP) is 6.33. The van der Waals surface area contributed by atoms with Gasteiger partial charge >= 0.3 is 24.3 Å². The Bertz CT molecular complexity index is 1300. The van der Waals surface area contributed by atoms with Gasteiger partial charge in [0.2, 0.25) is 0 Å². The van der Waals surface area contributed by atoms with Gasteiger partial charge in [-0.1, -0.05) is 6.07 Å². The second-order valence-corrected chi connectivity index (χ2v) is 8.67. The molecule has 198 valence electrons. The zero-order valence-corrected chi connectivity index (χ0v) is 20.5. The fourth-order valence-electron chi connectivity index (χ4n) is 2.36. The first kappa shape index (κ1) is 29.6. The number of carboxylic acids is 2. The molecule has 8 nitrogen and oxygen atoms in total. The van der Waals surface area contributed by atoms with Crippen LogP contribution in [0.3, 0.4) is 0 Å². The van der Waals surface area contributed by atoms with E-state index in [0.29, 0.717) is 0 Å². The standard InChI is InChI=1S/C17H13BrN4S.2C2HF3O2/c18-12-8-15-17(20-9-12)22-16(21-15)11-3-5-13(6-4-11)19-10-14-2-1-7-23-14;2*3-2(4,5)1(6)7/h1-9,19H,10H2,(H,20,21,22);2*(H,6,7). The van der Waals surface area contributed by atoms with Crippen molar-refractivity contribution >= 4 is 56.1 Å². The van der Waals surface area contributed by atoms with E-state index in [4.69, 9.17) is 19.8 Å². The van der Waals surface area contributed by atoms with Gasteiger partial charge in [-0.2, -0.15) is 26.3 Å². The van der Waals surface area contributed by atoms with Crippen LogP contribution in [0.2, 0.25) is 0 Å². The first-order valence-corrected chi connectivity index (χ1v) is 11.3. The van der Waals surface area contributed by atoms with Gasteiger partial charge in [0.15, 0.2) is 5.65 Å². The number of aromatic amines is 1. The van der Waals surface area contributed by atoms with Gasteiger partial charge in [-0.15, -0.1) is 11.3 Å². The number of rotatable bonds is 4. The highest BCUT2D eigenvalue weighted by Gasteiger charge is 2.38. The lowest BCUT2D eigenvalue weighted by molar-refractivity contribution is -0.193. The average molecular weight is 613 g/mol. The first-order chi connectivity index (χ1) is 17.2. The molecule has 3 heterocycles. The van der Waals surface area contributed by atoms with Crippen molar-refractivity contribution in [2.45, 2.75) is 18.9 Å². The Kier molecular flexibility index (Phi) is 10.0. The monoisotopic (exact) mass is 612 g/mol. The van der Waals surface area contributed by atoms with Crippen molar-refractivity contribution in [1.82, 2.24) is 15.0 Å². The summed E-state index contributed by atoms with van der Waals surface area (Å²) in [4.78, 5) is 31.3. The molecule has 0 fully saturated rings. The lowest BCUT2D eigenvalue weighted by Crippen LogP contribution is -2.21. The van der Waals surface area contributed by atoms with Crippen molar-refractivity contribution in [2.24, 2.45) is 0 Å². The van der Waals surface area contributed by atoms with Crippen LogP contribution in [0.25, 0.3) is 22.6 Å². The van der Waals surface area contributed by atoms with Gasteiger partial charge in [0.25, 0.3) is 0 Å². The number of aliphatic carboxylic acids is 2. The van der Waals surface area contributed by atoms with Gasteiger partial charge in [0.05, 0.1) is 0 Å². The summed E-state index contributed by atoms with van der Waals surface area (Å²) in [5.41, 5.74) is 3.79. The summed E-state index contributed by atoms with van der Waals surface area (Å²) in [6.07, 6.45) is -8.40. The van der Waals surface area contributed by atoms with Crippen molar-refractivity contribution in [3.8, 4) is 11.4 Å². The molecular formula is C21H15BrF6N4O4S. The highest BCUT2D eigenvalue weighted by Crippen LogP contribution is 2.23. The normalized spacial score (nSPS) is 11.1. The fraction of sp³-hybridized carbons (Fsp3) is 0.143. The van der Waals surface area contributed by atoms with Crippen LogP contribution < -0.4 is 5.32 Å². The molecular weight excluding hydrogens is 598 g/mol. The van der Waals surface area contributed by atoms with E-state index >= 15 is 0 Å². The van der Waals surface area contributed by atoms with Gasteiger partial charge in [-0.3, -0.25) is 0 Å². The van der Waals surface area contributed by atoms with Crippen LogP contribution in [0.15, 0.2) is 58.5 Å². The molecule has 0 bridgehead atoms. The van der Waals surface area contributed by atoms with Gasteiger partial charge in [-0.05, 0) is 57.7 Å². The van der Waals surface area contributed by atoms with Crippen LogP contribution in [-0.4, -0.2) is 49.5 Å². The van der Waals surface area contributed by atoms with Gasteiger partial charge in [0.1, 0.15) is 11.3 Å². The zero-order chi connectivity index (χ0) is 27.8. The molecule has 0 aliphatic rings. The number of thiophene rings is 1. The van der Waals surface area contributed by atoms with Crippen LogP contribution in [0.4, 0.5) is 32.0 Å². The number of benzene rings is 1. The molecule has 16 heteroatoms. The number of aromatic nitrogens is 3. The zero-order valence-electron chi connectivity index (χ0n) is 18.1. The third-order valence-corrected chi connectivity index (χ3v) is 5.30. The Morgan fingerprint density at radius 2 is 1.57 bits per heavy atom. The number of alkyl halides is 6. The number of imidazole rings is 1. The van der Waals surface area contributed by atoms with Crippen molar-refractivity contribution in [3.63, 3.8) is 0 Å². The maximum Gasteiger partial charge on any atom is 0.490 e. The molecule has 0 amide bonds. The number of nitrogens with one attached hydrogen (secondary N) is 2. The van der Waals surface area contributed by atoms with Gasteiger partial charge < -0.3 is 20.5 Å². The number of anilines is 1. The number of carboxylic acid groups (broad SMARTS) is 2. The van der Waals surface area contributed by atoms with E-state index in [1.165, 1.54) is 4.88 Å². The second-order valence-electron chi connectivity index (χ2n) is 6.72. The lowest BCUT2D eigenvalue weighted by atomic mass is 10.2. The summed E-state index contributed by atoms with van der Waals surface area (Å²) in [6, 6.07) is 14.4. The molecule has 4 rings (SSSR count). The highest BCUT2D eigenvalue weighted by atomic mass is 79.9. The van der Waals surface area contributed by atoms with Crippen molar-refractivity contribution in [2.75, 3.05) is 5.32 Å². The molecule has 0 unspecified atom stereocenters. The number of hydrogen-bond acceptors (Lipinski definition) is 6. The Morgan fingerprint density at radius 3 is 2.05 bits per heavy atom. The summed E-state index contributed by atoms with van der Waals surface area (Å²) in [5, 5.41) is 19.8. The number of halogens is 7. The highest BCUT2D eigenvalue weighted by molar-refractivity contribution is 9.10. The van der Waals surface area contributed by atoms with E-state index < -0.39 is 24.3 Å². The van der Waals surface area contributed by atoms with E-state index in [1.54, 1.807) is 17.5 Å². The lowest BCUT2D eigenvalue weighted by Gasteiger charge is -2.05. The summed E-state index contributed by atoms with van der Waals surface area (Å²) in [6.45, 7) is 0.847. The molecule has 4 N–H and O–H groups in total. The summed E-state index contributed by atoms with van der Waals surface area (Å²) >= 11 is 5.17. The molecule has 37 heavy (non-hydrogen) atoms. The Balaban J connectivity index is 0.000000286. The second kappa shape index (κ2) is 12.5. The molecule has 0 spiro atoms. The van der Waals surface area contributed by atoms with Crippen LogP contribution in [-0.2, 0) is 16.1 Å². The number of H-pyrrole nitrogens is 1. The van der Waals surface area contributed by atoms with Crippen LogP contribution in [0.5, 0.6) is 0 Å². The maximum absolute atomic E-state index is 10.6. The molecule has 3 aromatic heterocycles. The third kappa shape index (κ3) is 9.72. The summed E-state index contributed by atoms with van der Waals surface area (Å²) in [7, 11) is 0. The average Bonchev–Trinajstić information content (AvgIpc) is 3.47. The smallest absolute Gasteiger partial charge is 0.475 e. The van der Waals surface area contributed by atoms with Crippen molar-refractivity contribution in [3.05, 3.63) is 63.4 Å². The maximum atomic E-state index is 10.6. The Hall–Kier alpha value is -3.66. The fourth-order valence-corrected chi connectivity index (χ4v) is 3.32. The van der Waals surface area contributed by atoms with E-state index in [0.717, 1.165) is 39.3 Å². The Morgan fingerprint density at radius 1 is 1.00 bits per heavy atom. The molecule has 0 radical (unpaired) electrons. The molecule has 0 aliphatic heterocycles. The molecule has 0 saturated heterocycles. The first-order valence-electron chi connectivity index (χ1n) is 9.65. The van der Waals surface area contributed by atoms with Gasteiger partial charge in [0, 0.05) is 33.3 Å². The third-order valence-electron chi connectivity index (χ3n) is 3.99. The van der Waals surface area contributed by atoms with E-state index in [9.17, 15) is 26.3 Å². The van der Waals surface area contributed by atoms with Crippen LogP contribution in [0.1, 0.15) is 4.88 Å². The van der Waals surface area contributed by atoms with Crippen molar-refractivity contribution < 1.29 is 46.1 Å². The minimum absolute atomic E-state index is 0.795. The van der Waals surface area contributed by atoms with Crippen LogP contribution >= 0.6 is 27.3 Å². The topological polar surface area (TPSA) is 128 Å². The number of nitrogens with zero attached hydrogens (tertiary/aromatic N) is 2. The largest absolute Gasteiger partial charge is 0.490 e. The number of hydrogen-bond donors (Lipinski definition) is 4. The summed E-state index contributed by atoms with van der Waals surface area (Å²) in [5.74, 6) is -4.68. The van der Waals surface area contributed by atoms with Crippen LogP contribution in [0, 0.1) is 0 Å². The van der Waals surface area contributed by atoms with Gasteiger partial charge in [-0.25, -0.2) is 19.6 Å². The minimum atomic E-state index is -5.08. The number of pyridine rings is 1. The predicted molar refractivity (Wildman–Crippen MR) is 126 cm³/mol. The molecule has 0 aliphatic carbocycles. The Labute approximate surface area is 216 Å². The molecule has 4 aromatic rings. The van der Waals surface area contributed by atoms with E-state index in [1.807, 2.05) is 6.07 Å². The van der Waals surface area contributed by atoms with Crippen molar-refractivity contribution in [1.29, 1.82) is 0 Å². The number of fused-ring (bicyclic) bond motifs is 1. The van der Waals surface area contributed by atoms with E-state index in [-0.39, 0.29) is 0 Å². The van der Waals surface area contributed by atoms with E-state index in [2.05, 4.69) is 78.0 Å². The quantitative estimate of drug-likeness (QED) is 0.198. The SMILES string of the molecule is Brc1cnc2[nH]c(-c3ccc(NCc4cccs4)cc3)nc2c1.O=C(O)C(F)(F)F.O=C(O)C(F)(F)F. The summed E-state index contributed by atoms with van der Waals surface area (Å²) < 4.78 is 64.4. The molecule has 1 aromatic carbocycles. The number of carbonyl (C=O) groups is 2.